The molecular formula is C15H14N2O2. The molecule has 19 heavy (non-hydrogen) atoms. The number of hydrogen-bond acceptors (Lipinski definition) is 3. The second-order valence-electron chi connectivity index (χ2n) is 4.05. The Morgan fingerprint density at radius 2 is 1.42 bits per heavy atom. The maximum atomic E-state index is 10.5. The Labute approximate surface area is 111 Å². The van der Waals surface area contributed by atoms with E-state index in [9.17, 15) is 10.1 Å². The summed E-state index contributed by atoms with van der Waals surface area (Å²) in [4.78, 5) is 10.1. The van der Waals surface area contributed by atoms with Gasteiger partial charge in [-0.25, -0.2) is 0 Å². The zero-order valence-corrected chi connectivity index (χ0v) is 10.5. The molecule has 4 heteroatoms. The summed E-state index contributed by atoms with van der Waals surface area (Å²) in [5.74, 6) is 0. The van der Waals surface area contributed by atoms with Gasteiger partial charge in [-0.05, 0) is 35.4 Å². The summed E-state index contributed by atoms with van der Waals surface area (Å²) in [7, 11) is 1.88. The fourth-order valence-electron chi connectivity index (χ4n) is 1.66. The molecule has 0 bridgehead atoms. The van der Waals surface area contributed by atoms with Gasteiger partial charge in [-0.1, -0.05) is 24.3 Å². The molecular weight excluding hydrogens is 240 g/mol. The molecule has 0 amide bonds. The molecule has 1 N–H and O–H groups in total. The molecule has 0 spiro atoms. The second-order valence-corrected chi connectivity index (χ2v) is 4.05. The van der Waals surface area contributed by atoms with Gasteiger partial charge in [0.1, 0.15) is 0 Å². The highest BCUT2D eigenvalue weighted by Crippen LogP contribution is 2.15. The fraction of sp³-hybridized carbons (Fsp3) is 0.0667. The Kier molecular flexibility index (Phi) is 3.93. The van der Waals surface area contributed by atoms with Crippen LogP contribution in [0.3, 0.4) is 0 Å². The topological polar surface area (TPSA) is 55.2 Å². The minimum absolute atomic E-state index is 0.107. The molecule has 0 saturated carbocycles. The molecule has 0 aliphatic carbocycles. The maximum Gasteiger partial charge on any atom is 0.269 e. The first-order valence-corrected chi connectivity index (χ1v) is 5.89. The fourth-order valence-corrected chi connectivity index (χ4v) is 1.66. The zero-order valence-electron chi connectivity index (χ0n) is 10.5. The van der Waals surface area contributed by atoms with E-state index in [0.29, 0.717) is 0 Å². The van der Waals surface area contributed by atoms with E-state index in [4.69, 9.17) is 0 Å². The minimum atomic E-state index is -0.399. The van der Waals surface area contributed by atoms with Gasteiger partial charge in [-0.2, -0.15) is 0 Å². The van der Waals surface area contributed by atoms with Gasteiger partial charge in [0.25, 0.3) is 5.69 Å². The molecule has 2 aromatic rings. The summed E-state index contributed by atoms with van der Waals surface area (Å²) in [6.07, 6.45) is 3.90. The van der Waals surface area contributed by atoms with Gasteiger partial charge in [0.05, 0.1) is 4.92 Å². The third-order valence-corrected chi connectivity index (χ3v) is 2.77. The zero-order chi connectivity index (χ0) is 13.7. The van der Waals surface area contributed by atoms with Crippen molar-refractivity contribution in [1.29, 1.82) is 0 Å². The molecule has 0 aliphatic heterocycles. The lowest BCUT2D eigenvalue weighted by Crippen LogP contribution is -1.87. The van der Waals surface area contributed by atoms with Crippen LogP contribution in [0.2, 0.25) is 0 Å². The van der Waals surface area contributed by atoms with Crippen molar-refractivity contribution in [1.82, 2.24) is 0 Å². The van der Waals surface area contributed by atoms with E-state index in [0.717, 1.165) is 16.8 Å². The largest absolute Gasteiger partial charge is 0.388 e. The van der Waals surface area contributed by atoms with E-state index < -0.39 is 4.92 Å². The third kappa shape index (κ3) is 3.42. The van der Waals surface area contributed by atoms with Gasteiger partial charge in [0.15, 0.2) is 0 Å². The molecule has 0 aliphatic rings. The number of hydrogen-bond donors (Lipinski definition) is 1. The Hall–Kier alpha value is -2.62. The van der Waals surface area contributed by atoms with Crippen molar-refractivity contribution < 1.29 is 4.92 Å². The van der Waals surface area contributed by atoms with Crippen molar-refractivity contribution in [2.45, 2.75) is 0 Å². The smallest absolute Gasteiger partial charge is 0.269 e. The molecule has 0 atom stereocenters. The molecule has 2 aromatic carbocycles. The lowest BCUT2D eigenvalue weighted by atomic mass is 10.1. The molecule has 0 unspecified atom stereocenters. The standard InChI is InChI=1S/C15H14N2O2/c1-16-14-8-4-12(5-9-14)2-3-13-6-10-15(11-7-13)17(18)19/h2-11,16H,1H3/b3-2+. The Bertz CT molecular complexity index is 587. The normalized spacial score (nSPS) is 10.6. The van der Waals surface area contributed by atoms with Gasteiger partial charge < -0.3 is 5.32 Å². The minimum Gasteiger partial charge on any atom is -0.388 e. The molecule has 0 fully saturated rings. The number of anilines is 1. The molecule has 96 valence electrons. The second kappa shape index (κ2) is 5.82. The van der Waals surface area contributed by atoms with Crippen LogP contribution >= 0.6 is 0 Å². The predicted octanol–water partition coefficient (Wildman–Crippen LogP) is 3.81. The Balaban J connectivity index is 2.10. The van der Waals surface area contributed by atoms with Crippen LogP contribution in [-0.2, 0) is 0 Å². The van der Waals surface area contributed by atoms with Gasteiger partial charge >= 0.3 is 0 Å². The molecule has 0 radical (unpaired) electrons. The average molecular weight is 254 g/mol. The predicted molar refractivity (Wildman–Crippen MR) is 78.0 cm³/mol. The van der Waals surface area contributed by atoms with E-state index in [1.54, 1.807) is 12.1 Å². The van der Waals surface area contributed by atoms with Crippen LogP contribution in [-0.4, -0.2) is 12.0 Å². The van der Waals surface area contributed by atoms with Gasteiger partial charge in [0, 0.05) is 24.9 Å². The van der Waals surface area contributed by atoms with Gasteiger partial charge in [-0.3, -0.25) is 10.1 Å². The number of non-ortho nitro benzene ring substituents is 1. The maximum absolute atomic E-state index is 10.5. The molecule has 2 rings (SSSR count). The van der Waals surface area contributed by atoms with Gasteiger partial charge in [-0.15, -0.1) is 0 Å². The SMILES string of the molecule is CNc1ccc(/C=C/c2ccc([N+](=O)[O-])cc2)cc1. The summed E-state index contributed by atoms with van der Waals surface area (Å²) in [5, 5.41) is 13.6. The third-order valence-electron chi connectivity index (χ3n) is 2.77. The van der Waals surface area contributed by atoms with Crippen molar-refractivity contribution >= 4 is 23.5 Å². The quantitative estimate of drug-likeness (QED) is 0.513. The first kappa shape index (κ1) is 12.8. The number of benzene rings is 2. The van der Waals surface area contributed by atoms with Crippen molar-refractivity contribution in [3.05, 3.63) is 69.8 Å². The monoisotopic (exact) mass is 254 g/mol. The lowest BCUT2D eigenvalue weighted by molar-refractivity contribution is -0.384. The Morgan fingerprint density at radius 3 is 1.84 bits per heavy atom. The summed E-state index contributed by atoms with van der Waals surface area (Å²) in [5.41, 5.74) is 3.18. The van der Waals surface area contributed by atoms with Crippen LogP contribution in [0.15, 0.2) is 48.5 Å². The highest BCUT2D eigenvalue weighted by atomic mass is 16.6. The first-order valence-electron chi connectivity index (χ1n) is 5.89. The highest BCUT2D eigenvalue weighted by molar-refractivity contribution is 5.70. The molecule has 4 nitrogen and oxygen atoms in total. The van der Waals surface area contributed by atoms with Crippen molar-refractivity contribution in [3.8, 4) is 0 Å². The van der Waals surface area contributed by atoms with E-state index in [2.05, 4.69) is 5.32 Å². The summed E-state index contributed by atoms with van der Waals surface area (Å²) in [6, 6.07) is 14.5. The highest BCUT2D eigenvalue weighted by Gasteiger charge is 2.01. The number of nitrogens with one attached hydrogen (secondary N) is 1. The van der Waals surface area contributed by atoms with Crippen LogP contribution < -0.4 is 5.32 Å². The van der Waals surface area contributed by atoms with Crippen molar-refractivity contribution in [3.63, 3.8) is 0 Å². The van der Waals surface area contributed by atoms with E-state index >= 15 is 0 Å². The summed E-state index contributed by atoms with van der Waals surface area (Å²) < 4.78 is 0. The van der Waals surface area contributed by atoms with Crippen molar-refractivity contribution in [2.75, 3.05) is 12.4 Å². The lowest BCUT2D eigenvalue weighted by Gasteiger charge is -1.99. The summed E-state index contributed by atoms with van der Waals surface area (Å²) >= 11 is 0. The van der Waals surface area contributed by atoms with E-state index in [1.165, 1.54) is 12.1 Å². The van der Waals surface area contributed by atoms with Crippen LogP contribution in [0, 0.1) is 10.1 Å². The van der Waals surface area contributed by atoms with E-state index in [-0.39, 0.29) is 5.69 Å². The van der Waals surface area contributed by atoms with Crippen LogP contribution in [0.5, 0.6) is 0 Å². The first-order chi connectivity index (χ1) is 9.19. The number of nitrogens with zero attached hydrogens (tertiary/aromatic N) is 1. The van der Waals surface area contributed by atoms with E-state index in [1.807, 2.05) is 43.5 Å². The molecule has 0 aromatic heterocycles. The molecule has 0 heterocycles. The number of rotatable bonds is 4. The van der Waals surface area contributed by atoms with Crippen molar-refractivity contribution in [2.24, 2.45) is 0 Å². The average Bonchev–Trinajstić information content (AvgIpc) is 2.46. The van der Waals surface area contributed by atoms with Crippen LogP contribution in [0.1, 0.15) is 11.1 Å². The Morgan fingerprint density at radius 1 is 0.947 bits per heavy atom. The molecule has 0 saturated heterocycles. The number of nitro benzene ring substituents is 1. The van der Waals surface area contributed by atoms with Crippen LogP contribution in [0.4, 0.5) is 11.4 Å². The van der Waals surface area contributed by atoms with Crippen LogP contribution in [0.25, 0.3) is 12.2 Å². The van der Waals surface area contributed by atoms with Gasteiger partial charge in [0.2, 0.25) is 0 Å². The summed E-state index contributed by atoms with van der Waals surface area (Å²) in [6.45, 7) is 0. The number of nitro groups is 1.